The van der Waals surface area contributed by atoms with E-state index in [4.69, 9.17) is 18.7 Å². The lowest BCUT2D eigenvalue weighted by molar-refractivity contribution is 0.0686. The molecule has 0 saturated carbocycles. The minimum Gasteiger partial charge on any atom is -0.496 e. The average Bonchev–Trinajstić information content (AvgIpc) is 3.41. The zero-order valence-electron chi connectivity index (χ0n) is 20.6. The smallest absolute Gasteiger partial charge is 0.339 e. The Labute approximate surface area is 206 Å². The van der Waals surface area contributed by atoms with E-state index in [1.807, 2.05) is 33.0 Å². The Morgan fingerprint density at radius 1 is 1.17 bits per heavy atom. The Balaban J connectivity index is 1.76. The highest BCUT2D eigenvalue weighted by atomic mass is 16.6. The van der Waals surface area contributed by atoms with Gasteiger partial charge in [-0.25, -0.2) is 4.79 Å². The molecule has 36 heavy (non-hydrogen) atoms. The van der Waals surface area contributed by atoms with E-state index in [0.29, 0.717) is 35.1 Å². The minimum absolute atomic E-state index is 0.0439. The van der Waals surface area contributed by atoms with Crippen LogP contribution in [0.1, 0.15) is 32.9 Å². The molecule has 1 aliphatic heterocycles. The fourth-order valence-electron chi connectivity index (χ4n) is 4.75. The Morgan fingerprint density at radius 2 is 1.86 bits per heavy atom. The molecule has 0 aliphatic carbocycles. The van der Waals surface area contributed by atoms with Crippen molar-refractivity contribution in [2.24, 2.45) is 4.99 Å². The van der Waals surface area contributed by atoms with E-state index in [2.05, 4.69) is 20.4 Å². The molecule has 0 atom stereocenters. The molecule has 0 bridgehead atoms. The van der Waals surface area contributed by atoms with Crippen LogP contribution in [0.2, 0.25) is 0 Å². The van der Waals surface area contributed by atoms with Crippen LogP contribution in [0.3, 0.4) is 0 Å². The van der Waals surface area contributed by atoms with Gasteiger partial charge in [0.05, 0.1) is 29.6 Å². The van der Waals surface area contributed by atoms with Gasteiger partial charge >= 0.3 is 5.97 Å². The zero-order chi connectivity index (χ0) is 25.6. The summed E-state index contributed by atoms with van der Waals surface area (Å²) in [6.45, 7) is 4.34. The van der Waals surface area contributed by atoms with E-state index in [-0.39, 0.29) is 17.9 Å². The van der Waals surface area contributed by atoms with Gasteiger partial charge in [0.2, 0.25) is 0 Å². The molecule has 2 aromatic heterocycles. The van der Waals surface area contributed by atoms with E-state index in [1.165, 1.54) is 6.07 Å². The number of rotatable bonds is 6. The number of hydrogen-bond donors (Lipinski definition) is 3. The van der Waals surface area contributed by atoms with Crippen LogP contribution in [-0.4, -0.2) is 61.3 Å². The van der Waals surface area contributed by atoms with Crippen LogP contribution < -0.4 is 19.5 Å². The van der Waals surface area contributed by atoms with Crippen molar-refractivity contribution in [1.29, 1.82) is 0 Å². The van der Waals surface area contributed by atoms with Gasteiger partial charge in [-0.3, -0.25) is 4.99 Å². The molecule has 3 heterocycles. The molecular weight excluding hydrogens is 464 g/mol. The molecule has 0 spiro atoms. The minimum atomic E-state index is -1.09. The van der Waals surface area contributed by atoms with Crippen molar-refractivity contribution in [2.75, 3.05) is 39.7 Å². The van der Waals surface area contributed by atoms with E-state index >= 15 is 0 Å². The summed E-state index contributed by atoms with van der Waals surface area (Å²) in [7, 11) is 5.12. The van der Waals surface area contributed by atoms with Gasteiger partial charge in [-0.05, 0) is 38.1 Å². The summed E-state index contributed by atoms with van der Waals surface area (Å²) in [5.74, 6) is 1.56. The average molecular weight is 491 g/mol. The number of carboxylic acid groups (broad SMARTS) is 1. The van der Waals surface area contributed by atoms with Crippen molar-refractivity contribution in [3.05, 3.63) is 52.4 Å². The lowest BCUT2D eigenvalue weighted by atomic mass is 9.95. The van der Waals surface area contributed by atoms with Crippen LogP contribution in [0.15, 0.2) is 33.8 Å². The molecule has 0 unspecified atom stereocenters. The van der Waals surface area contributed by atoms with Gasteiger partial charge < -0.3 is 34.1 Å². The number of aromatic amines is 1. The van der Waals surface area contributed by atoms with Crippen molar-refractivity contribution < 1.29 is 28.6 Å². The topological polar surface area (TPSA) is 131 Å². The molecule has 1 aliphatic rings. The third kappa shape index (κ3) is 3.53. The quantitative estimate of drug-likeness (QED) is 0.338. The van der Waals surface area contributed by atoms with Crippen LogP contribution in [0, 0.1) is 13.8 Å². The number of benzene rings is 2. The first-order chi connectivity index (χ1) is 17.4. The van der Waals surface area contributed by atoms with Crippen molar-refractivity contribution >= 4 is 28.4 Å². The van der Waals surface area contributed by atoms with Crippen molar-refractivity contribution in [3.63, 3.8) is 0 Å². The highest BCUT2D eigenvalue weighted by Crippen LogP contribution is 2.43. The third-order valence-electron chi connectivity index (χ3n) is 6.31. The summed E-state index contributed by atoms with van der Waals surface area (Å²) in [5.41, 5.74) is 5.42. The number of fused-ring (bicyclic) bond motifs is 2. The van der Waals surface area contributed by atoms with Crippen molar-refractivity contribution in [2.45, 2.75) is 13.8 Å². The van der Waals surface area contributed by atoms with Crippen molar-refractivity contribution in [1.82, 2.24) is 10.1 Å². The van der Waals surface area contributed by atoms with Gasteiger partial charge in [-0.2, -0.15) is 0 Å². The van der Waals surface area contributed by atoms with Gasteiger partial charge in [-0.15, -0.1) is 0 Å². The SMILES string of the molecule is CN=C(c1ccc(C(=O)O)c2c1OCCO2)c1c(NC)[nH]c2cc(-c3c(C)noc3C)c(OC)cc12. The van der Waals surface area contributed by atoms with Crippen LogP contribution >= 0.6 is 0 Å². The van der Waals surface area contributed by atoms with E-state index < -0.39 is 5.97 Å². The third-order valence-corrected chi connectivity index (χ3v) is 6.31. The number of aliphatic imine (C=N–C) groups is 1. The fraction of sp³-hybridized carbons (Fsp3) is 0.269. The predicted molar refractivity (Wildman–Crippen MR) is 135 cm³/mol. The maximum absolute atomic E-state index is 11.8. The van der Waals surface area contributed by atoms with Crippen LogP contribution in [0.4, 0.5) is 5.82 Å². The molecule has 4 aromatic rings. The summed E-state index contributed by atoms with van der Waals surface area (Å²) < 4.78 is 22.8. The standard InChI is InChI=1S/C26H26N4O6/c1-12-20(13(2)36-30-12)17-10-18-16(11-19(17)33-5)21(25(28-4)29-18)22(27-3)14-6-7-15(26(31)32)24-23(14)34-8-9-35-24/h6-7,10-11,28-29H,8-9H2,1-5H3,(H,31,32). The molecule has 10 nitrogen and oxygen atoms in total. The van der Waals surface area contributed by atoms with Crippen LogP contribution in [0.25, 0.3) is 22.0 Å². The van der Waals surface area contributed by atoms with Gasteiger partial charge in [0.1, 0.15) is 36.1 Å². The maximum Gasteiger partial charge on any atom is 0.339 e. The summed E-state index contributed by atoms with van der Waals surface area (Å²) >= 11 is 0. The van der Waals surface area contributed by atoms with Gasteiger partial charge in [0.15, 0.2) is 11.5 Å². The molecule has 2 aromatic carbocycles. The van der Waals surface area contributed by atoms with Crippen LogP contribution in [-0.2, 0) is 0 Å². The first kappa shape index (κ1) is 23.3. The Bertz CT molecular complexity index is 1510. The summed E-state index contributed by atoms with van der Waals surface area (Å²) in [6, 6.07) is 7.16. The van der Waals surface area contributed by atoms with E-state index in [9.17, 15) is 9.90 Å². The lowest BCUT2D eigenvalue weighted by Gasteiger charge is -2.23. The highest BCUT2D eigenvalue weighted by molar-refractivity contribution is 6.24. The van der Waals surface area contributed by atoms with Gasteiger partial charge in [-0.1, -0.05) is 5.16 Å². The molecule has 10 heteroatoms. The second-order valence-electron chi connectivity index (χ2n) is 8.32. The number of anilines is 1. The lowest BCUT2D eigenvalue weighted by Crippen LogP contribution is -2.20. The molecule has 0 saturated heterocycles. The maximum atomic E-state index is 11.8. The Hall–Kier alpha value is -4.47. The summed E-state index contributed by atoms with van der Waals surface area (Å²) in [4.78, 5) is 19.8. The number of aryl methyl sites for hydroxylation is 2. The summed E-state index contributed by atoms with van der Waals surface area (Å²) in [5, 5.41) is 17.8. The molecule has 5 rings (SSSR count). The van der Waals surface area contributed by atoms with E-state index in [0.717, 1.165) is 39.1 Å². The number of methoxy groups -OCH3 is 1. The number of carboxylic acids is 1. The van der Waals surface area contributed by atoms with Gasteiger partial charge in [0.25, 0.3) is 0 Å². The number of ether oxygens (including phenoxy) is 3. The molecule has 0 amide bonds. The second kappa shape index (κ2) is 8.95. The summed E-state index contributed by atoms with van der Waals surface area (Å²) in [6.07, 6.45) is 0. The molecule has 3 N–H and O–H groups in total. The largest absolute Gasteiger partial charge is 0.496 e. The first-order valence-corrected chi connectivity index (χ1v) is 11.4. The molecular formula is C26H26N4O6. The van der Waals surface area contributed by atoms with E-state index in [1.54, 1.807) is 20.2 Å². The highest BCUT2D eigenvalue weighted by Gasteiger charge is 2.29. The fourth-order valence-corrected chi connectivity index (χ4v) is 4.75. The predicted octanol–water partition coefficient (Wildman–Crippen LogP) is 4.43. The normalized spacial score (nSPS) is 13.2. The zero-order valence-corrected chi connectivity index (χ0v) is 20.6. The number of hydrogen-bond acceptors (Lipinski definition) is 8. The molecule has 0 radical (unpaired) electrons. The second-order valence-corrected chi connectivity index (χ2v) is 8.32. The number of nitrogens with zero attached hydrogens (tertiary/aromatic N) is 2. The van der Waals surface area contributed by atoms with Gasteiger partial charge in [0, 0.05) is 36.1 Å². The Kier molecular flexibility index (Phi) is 5.79. The number of carbonyl (C=O) groups is 1. The number of H-pyrrole nitrogens is 1. The number of nitrogens with one attached hydrogen (secondary N) is 2. The molecule has 0 fully saturated rings. The first-order valence-electron chi connectivity index (χ1n) is 11.4. The molecule has 186 valence electrons. The number of aromatic nitrogens is 2. The monoisotopic (exact) mass is 490 g/mol. The van der Waals surface area contributed by atoms with Crippen molar-refractivity contribution in [3.8, 4) is 28.4 Å². The van der Waals surface area contributed by atoms with Crippen LogP contribution in [0.5, 0.6) is 17.2 Å². The number of aromatic carboxylic acids is 1. The Morgan fingerprint density at radius 3 is 2.44 bits per heavy atom.